The molecule has 0 heterocycles. The first-order valence-electron chi connectivity index (χ1n) is 20.2. The number of carbonyl (C=O) groups excluding carboxylic acids is 3. The fraction of sp³-hybridized carbons (Fsp3) is 0.690. The smallest absolute Gasteiger partial charge is 0.462 e. The molecule has 0 aliphatic heterocycles. The van der Waals surface area contributed by atoms with Gasteiger partial charge in [0.05, 0.1) is 19.8 Å². The van der Waals surface area contributed by atoms with Crippen LogP contribution in [-0.4, -0.2) is 71.5 Å². The Morgan fingerprint density at radius 1 is 0.611 bits per heavy atom. The number of rotatable bonds is 37. The lowest BCUT2D eigenvalue weighted by molar-refractivity contribution is -0.161. The minimum absolute atomic E-state index is 0.0781. The molecule has 0 aromatic rings. The van der Waals surface area contributed by atoms with E-state index >= 15 is 0 Å². The number of phosphoric acid groups is 1. The Bertz CT molecular complexity index is 1150. The summed E-state index contributed by atoms with van der Waals surface area (Å²) in [6, 6.07) is 0. The van der Waals surface area contributed by atoms with Crippen LogP contribution in [0.4, 0.5) is 0 Å². The monoisotopic (exact) mass is 782 g/mol. The van der Waals surface area contributed by atoms with E-state index in [1.165, 1.54) is 25.7 Å². The van der Waals surface area contributed by atoms with Crippen LogP contribution in [-0.2, 0) is 37.5 Å². The van der Waals surface area contributed by atoms with Gasteiger partial charge in [-0.15, -0.1) is 0 Å². The molecule has 0 aromatic heterocycles. The van der Waals surface area contributed by atoms with Crippen LogP contribution < -0.4 is 0 Å². The van der Waals surface area contributed by atoms with Crippen LogP contribution in [0.5, 0.6) is 0 Å². The van der Waals surface area contributed by atoms with Crippen molar-refractivity contribution in [3.63, 3.8) is 0 Å². The molecule has 54 heavy (non-hydrogen) atoms. The molecular weight excluding hydrogens is 711 g/mol. The van der Waals surface area contributed by atoms with Gasteiger partial charge >= 0.3 is 19.8 Å². The van der Waals surface area contributed by atoms with E-state index in [4.69, 9.17) is 19.1 Å². The molecule has 0 aliphatic rings. The molecule has 0 bridgehead atoms. The van der Waals surface area contributed by atoms with E-state index in [0.29, 0.717) is 25.7 Å². The summed E-state index contributed by atoms with van der Waals surface area (Å²) in [5.74, 6) is -0.886. The number of carbonyl (C=O) groups is 3. The van der Waals surface area contributed by atoms with E-state index in [2.05, 4.69) is 30.5 Å². The molecule has 0 amide bonds. The van der Waals surface area contributed by atoms with Gasteiger partial charge in [0.1, 0.15) is 12.7 Å². The molecule has 0 saturated heterocycles. The first-order chi connectivity index (χ1) is 26.1. The van der Waals surface area contributed by atoms with E-state index < -0.39 is 51.8 Å². The van der Waals surface area contributed by atoms with Crippen molar-refractivity contribution in [3.05, 3.63) is 60.8 Å². The minimum atomic E-state index is -4.65. The second kappa shape index (κ2) is 37.3. The Kier molecular flexibility index (Phi) is 35.4. The Morgan fingerprint density at radius 3 is 1.85 bits per heavy atom. The van der Waals surface area contributed by atoms with Gasteiger partial charge in [-0.1, -0.05) is 120 Å². The molecule has 3 atom stereocenters. The molecule has 0 rings (SSSR count). The summed E-state index contributed by atoms with van der Waals surface area (Å²) >= 11 is 0. The number of ether oxygens (including phenoxy) is 2. The number of ketones is 1. The highest BCUT2D eigenvalue weighted by Crippen LogP contribution is 2.43. The highest BCUT2D eigenvalue weighted by molar-refractivity contribution is 7.47. The first kappa shape index (κ1) is 51.3. The maximum atomic E-state index is 12.6. The molecule has 0 spiro atoms. The third kappa shape index (κ3) is 36.3. The van der Waals surface area contributed by atoms with Gasteiger partial charge in [0.15, 0.2) is 11.9 Å². The summed E-state index contributed by atoms with van der Waals surface area (Å²) in [5, 5.41) is 18.3. The van der Waals surface area contributed by atoms with Gasteiger partial charge in [-0.05, 0) is 70.3 Å². The summed E-state index contributed by atoms with van der Waals surface area (Å²) in [6.07, 6.45) is 36.1. The Morgan fingerprint density at radius 2 is 1.15 bits per heavy atom. The van der Waals surface area contributed by atoms with Gasteiger partial charge in [-0.25, -0.2) is 4.57 Å². The van der Waals surface area contributed by atoms with Crippen molar-refractivity contribution in [2.24, 2.45) is 0 Å². The van der Waals surface area contributed by atoms with Crippen LogP contribution in [0, 0.1) is 0 Å². The molecule has 0 aromatic carbocycles. The normalized spacial score (nSPS) is 14.5. The molecule has 0 radical (unpaired) electrons. The van der Waals surface area contributed by atoms with Gasteiger partial charge < -0.3 is 24.6 Å². The van der Waals surface area contributed by atoms with Crippen molar-refractivity contribution in [2.75, 3.05) is 26.4 Å². The van der Waals surface area contributed by atoms with E-state index in [-0.39, 0.29) is 25.2 Å². The van der Waals surface area contributed by atoms with Crippen molar-refractivity contribution in [3.8, 4) is 0 Å². The second-order valence-corrected chi connectivity index (χ2v) is 14.8. The standard InChI is InChI=1S/C42H71O11P/c1-3-5-7-8-9-10-11-12-15-18-21-24-28-32-41(46)50-36-40(37-52-54(48,49)51-35-39(45)34-43)53-42(47)33-29-25-22-19-16-13-14-17-20-23-27-31-38(44)30-26-6-4-2/h10-11,13-14,19-20,22-23,27,31,39-40,43,45H,3-9,12,15-18,21,24-26,28-30,32-37H2,1-2H3,(H,48,49)/b11-10-,14-13-,22-19-,23-20-,31-27+/t39-,40+/m0/s1. The highest BCUT2D eigenvalue weighted by atomic mass is 31.2. The van der Waals surface area contributed by atoms with Gasteiger partial charge in [-0.2, -0.15) is 0 Å². The average molecular weight is 783 g/mol. The van der Waals surface area contributed by atoms with Crippen LogP contribution in [0.15, 0.2) is 60.8 Å². The van der Waals surface area contributed by atoms with Crippen LogP contribution in [0.25, 0.3) is 0 Å². The second-order valence-electron chi connectivity index (χ2n) is 13.3. The Balaban J connectivity index is 4.51. The third-order valence-corrected chi connectivity index (χ3v) is 9.07. The molecule has 0 saturated carbocycles. The number of aliphatic hydroxyl groups is 2. The molecule has 310 valence electrons. The predicted molar refractivity (Wildman–Crippen MR) is 215 cm³/mol. The molecular formula is C42H71O11P. The lowest BCUT2D eigenvalue weighted by Crippen LogP contribution is -2.29. The maximum absolute atomic E-state index is 12.6. The molecule has 12 heteroatoms. The zero-order valence-electron chi connectivity index (χ0n) is 33.2. The van der Waals surface area contributed by atoms with Gasteiger partial charge in [0.2, 0.25) is 0 Å². The van der Waals surface area contributed by atoms with Crippen molar-refractivity contribution in [2.45, 2.75) is 161 Å². The quantitative estimate of drug-likeness (QED) is 0.0137. The molecule has 3 N–H and O–H groups in total. The molecule has 0 fully saturated rings. The van der Waals surface area contributed by atoms with Crippen LogP contribution in [0.2, 0.25) is 0 Å². The first-order valence-corrected chi connectivity index (χ1v) is 21.7. The van der Waals surface area contributed by atoms with Gasteiger partial charge in [-0.3, -0.25) is 23.4 Å². The van der Waals surface area contributed by atoms with Crippen LogP contribution in [0.1, 0.15) is 149 Å². The zero-order valence-corrected chi connectivity index (χ0v) is 34.1. The minimum Gasteiger partial charge on any atom is -0.462 e. The summed E-state index contributed by atoms with van der Waals surface area (Å²) in [6.45, 7) is 2.08. The summed E-state index contributed by atoms with van der Waals surface area (Å²) in [7, 11) is -4.65. The van der Waals surface area contributed by atoms with Crippen LogP contribution in [0.3, 0.4) is 0 Å². The number of aliphatic hydroxyl groups excluding tert-OH is 2. The third-order valence-electron chi connectivity index (χ3n) is 8.12. The van der Waals surface area contributed by atoms with Crippen LogP contribution >= 0.6 is 7.82 Å². The van der Waals surface area contributed by atoms with Crippen molar-refractivity contribution in [1.29, 1.82) is 0 Å². The lowest BCUT2D eigenvalue weighted by Gasteiger charge is -2.20. The summed E-state index contributed by atoms with van der Waals surface area (Å²) < 4.78 is 32.5. The van der Waals surface area contributed by atoms with Crippen molar-refractivity contribution < 1.29 is 52.6 Å². The Hall–Kier alpha value is -2.66. The largest absolute Gasteiger partial charge is 0.472 e. The number of phosphoric ester groups is 1. The van der Waals surface area contributed by atoms with E-state index in [9.17, 15) is 28.9 Å². The SMILES string of the molecule is CCCCCC/C=C\CCCCCCCC(=O)OC[C@H](COP(=O)(O)OC[C@@H](O)CO)OC(=O)CCC/C=C\C/C=C\C/C=C\C=C\C(=O)CCCCC. The average Bonchev–Trinajstić information content (AvgIpc) is 3.15. The van der Waals surface area contributed by atoms with Crippen molar-refractivity contribution in [1.82, 2.24) is 0 Å². The van der Waals surface area contributed by atoms with E-state index in [1.54, 1.807) is 12.2 Å². The molecule has 0 aliphatic carbocycles. The number of hydrogen-bond donors (Lipinski definition) is 3. The highest BCUT2D eigenvalue weighted by Gasteiger charge is 2.27. The van der Waals surface area contributed by atoms with Crippen molar-refractivity contribution >= 4 is 25.5 Å². The molecule has 1 unspecified atom stereocenters. The summed E-state index contributed by atoms with van der Waals surface area (Å²) in [4.78, 5) is 46.6. The number of esters is 2. The molecule has 11 nitrogen and oxygen atoms in total. The number of hydrogen-bond acceptors (Lipinski definition) is 10. The number of allylic oxidation sites excluding steroid dienone is 10. The Labute approximate surface area is 325 Å². The lowest BCUT2D eigenvalue weighted by atomic mass is 10.1. The zero-order chi connectivity index (χ0) is 40.0. The fourth-order valence-corrected chi connectivity index (χ4v) is 5.72. The van der Waals surface area contributed by atoms with Gasteiger partial charge in [0.25, 0.3) is 0 Å². The summed E-state index contributed by atoms with van der Waals surface area (Å²) in [5.41, 5.74) is 0. The maximum Gasteiger partial charge on any atom is 0.472 e. The van der Waals surface area contributed by atoms with Gasteiger partial charge in [0, 0.05) is 19.3 Å². The van der Waals surface area contributed by atoms with E-state index in [1.807, 2.05) is 36.5 Å². The predicted octanol–water partition coefficient (Wildman–Crippen LogP) is 9.51. The van der Waals surface area contributed by atoms with E-state index in [0.717, 1.165) is 70.6 Å². The number of unbranched alkanes of at least 4 members (excludes halogenated alkanes) is 12. The topological polar surface area (TPSA) is 166 Å². The fourth-order valence-electron chi connectivity index (χ4n) is 4.93.